The van der Waals surface area contributed by atoms with Crippen LogP contribution in [0.4, 0.5) is 5.69 Å². The number of amides is 1. The van der Waals surface area contributed by atoms with Crippen LogP contribution in [0.15, 0.2) is 54.6 Å². The molecule has 2 N–H and O–H groups in total. The molecule has 0 spiro atoms. The summed E-state index contributed by atoms with van der Waals surface area (Å²) >= 11 is 0. The minimum Gasteiger partial charge on any atom is -0.494 e. The fourth-order valence-electron chi connectivity index (χ4n) is 3.23. The molecule has 0 radical (unpaired) electrons. The highest BCUT2D eigenvalue weighted by molar-refractivity contribution is 5.99. The summed E-state index contributed by atoms with van der Waals surface area (Å²) in [5.74, 6) is -0.130. The van der Waals surface area contributed by atoms with Crippen LogP contribution in [0.2, 0.25) is 0 Å². The molecule has 1 saturated carbocycles. The number of carbonyl (C=O) groups is 2. The number of nitrogens with one attached hydrogen (secondary N) is 1. The van der Waals surface area contributed by atoms with Crippen molar-refractivity contribution in [2.45, 2.75) is 37.5 Å². The van der Waals surface area contributed by atoms with Gasteiger partial charge in [-0.3, -0.25) is 9.59 Å². The van der Waals surface area contributed by atoms with Crippen LogP contribution in [-0.2, 0) is 15.0 Å². The minimum absolute atomic E-state index is 0.0325. The lowest BCUT2D eigenvalue weighted by Gasteiger charge is -2.40. The average Bonchev–Trinajstić information content (AvgIpc) is 2.60. The molecule has 1 fully saturated rings. The summed E-state index contributed by atoms with van der Waals surface area (Å²) < 4.78 is 5.51. The van der Waals surface area contributed by atoms with Crippen molar-refractivity contribution in [2.24, 2.45) is 0 Å². The third-order valence-corrected chi connectivity index (χ3v) is 4.88. The largest absolute Gasteiger partial charge is 0.494 e. The lowest BCUT2D eigenvalue weighted by Crippen LogP contribution is -2.45. The van der Waals surface area contributed by atoms with Crippen molar-refractivity contribution in [3.8, 4) is 5.75 Å². The maximum absolute atomic E-state index is 12.9. The van der Waals surface area contributed by atoms with E-state index >= 15 is 0 Å². The van der Waals surface area contributed by atoms with E-state index in [9.17, 15) is 9.59 Å². The molecule has 136 valence electrons. The van der Waals surface area contributed by atoms with Crippen LogP contribution in [0.3, 0.4) is 0 Å². The van der Waals surface area contributed by atoms with Crippen LogP contribution in [0.25, 0.3) is 0 Å². The Kier molecular flexibility index (Phi) is 5.56. The number of anilines is 1. The van der Waals surface area contributed by atoms with E-state index < -0.39 is 11.4 Å². The topological polar surface area (TPSA) is 75.6 Å². The van der Waals surface area contributed by atoms with E-state index in [4.69, 9.17) is 9.84 Å². The molecule has 0 unspecified atom stereocenters. The van der Waals surface area contributed by atoms with Crippen LogP contribution in [-0.4, -0.2) is 23.6 Å². The fourth-order valence-corrected chi connectivity index (χ4v) is 3.23. The van der Waals surface area contributed by atoms with E-state index in [0.717, 1.165) is 30.5 Å². The fraction of sp³-hybridized carbons (Fsp3) is 0.333. The second-order valence-electron chi connectivity index (χ2n) is 6.63. The first kappa shape index (κ1) is 18.0. The molecule has 26 heavy (non-hydrogen) atoms. The Morgan fingerprint density at radius 3 is 2.31 bits per heavy atom. The Balaban J connectivity index is 1.58. The summed E-state index contributed by atoms with van der Waals surface area (Å²) in [7, 11) is 0. The molecule has 0 heterocycles. The van der Waals surface area contributed by atoms with Gasteiger partial charge in [-0.05, 0) is 49.1 Å². The molecule has 0 aromatic heterocycles. The van der Waals surface area contributed by atoms with Crippen molar-refractivity contribution in [1.29, 1.82) is 0 Å². The molecule has 1 aliphatic rings. The van der Waals surface area contributed by atoms with Crippen molar-refractivity contribution in [3.05, 3.63) is 60.2 Å². The third kappa shape index (κ3) is 4.04. The zero-order chi connectivity index (χ0) is 18.4. The Morgan fingerprint density at radius 2 is 1.73 bits per heavy atom. The molecule has 0 atom stereocenters. The Morgan fingerprint density at radius 1 is 1.04 bits per heavy atom. The Hall–Kier alpha value is -2.82. The summed E-state index contributed by atoms with van der Waals surface area (Å²) in [5.41, 5.74) is 1.38. The van der Waals surface area contributed by atoms with E-state index in [2.05, 4.69) is 5.32 Å². The molecule has 0 aliphatic heterocycles. The SMILES string of the molecule is O=C(O)CCCOc1ccc(NC(=O)C2(c3ccccc3)CCC2)cc1. The predicted molar refractivity (Wildman–Crippen MR) is 99.4 cm³/mol. The Bertz CT molecular complexity index is 751. The maximum atomic E-state index is 12.9. The van der Waals surface area contributed by atoms with Gasteiger partial charge in [0.05, 0.1) is 12.0 Å². The van der Waals surface area contributed by atoms with Gasteiger partial charge in [0.2, 0.25) is 5.91 Å². The first-order valence-electron chi connectivity index (χ1n) is 8.92. The van der Waals surface area contributed by atoms with Gasteiger partial charge in [-0.2, -0.15) is 0 Å². The second kappa shape index (κ2) is 8.04. The highest BCUT2D eigenvalue weighted by Crippen LogP contribution is 2.44. The zero-order valence-corrected chi connectivity index (χ0v) is 14.6. The summed E-state index contributed by atoms with van der Waals surface area (Å²) in [6.45, 7) is 0.356. The molecule has 1 amide bonds. The Labute approximate surface area is 153 Å². The lowest BCUT2D eigenvalue weighted by atomic mass is 9.64. The number of carboxylic acid groups (broad SMARTS) is 1. The molecule has 5 nitrogen and oxygen atoms in total. The van der Waals surface area contributed by atoms with Crippen LogP contribution >= 0.6 is 0 Å². The number of carbonyl (C=O) groups excluding carboxylic acids is 1. The number of hydrogen-bond acceptors (Lipinski definition) is 3. The van der Waals surface area contributed by atoms with Gasteiger partial charge in [-0.15, -0.1) is 0 Å². The van der Waals surface area contributed by atoms with Crippen LogP contribution in [0.5, 0.6) is 5.75 Å². The standard InChI is InChI=1S/C21H23NO4/c23-19(24)8-4-15-26-18-11-9-17(10-12-18)22-20(25)21(13-5-14-21)16-6-2-1-3-7-16/h1-3,6-7,9-12H,4-5,8,13-15H2,(H,22,25)(H,23,24). The van der Waals surface area contributed by atoms with Crippen LogP contribution in [0.1, 0.15) is 37.7 Å². The predicted octanol–water partition coefficient (Wildman–Crippen LogP) is 3.99. The van der Waals surface area contributed by atoms with Gasteiger partial charge in [0.1, 0.15) is 5.75 Å². The zero-order valence-electron chi connectivity index (χ0n) is 14.6. The lowest BCUT2D eigenvalue weighted by molar-refractivity contribution is -0.137. The highest BCUT2D eigenvalue weighted by atomic mass is 16.5. The van der Waals surface area contributed by atoms with Crippen molar-refractivity contribution < 1.29 is 19.4 Å². The van der Waals surface area contributed by atoms with E-state index in [1.165, 1.54) is 0 Å². The van der Waals surface area contributed by atoms with Crippen LogP contribution < -0.4 is 10.1 Å². The first-order chi connectivity index (χ1) is 12.6. The number of carboxylic acids is 1. The second-order valence-corrected chi connectivity index (χ2v) is 6.63. The van der Waals surface area contributed by atoms with E-state index in [1.54, 1.807) is 12.1 Å². The first-order valence-corrected chi connectivity index (χ1v) is 8.92. The molecule has 0 bridgehead atoms. The van der Waals surface area contributed by atoms with Gasteiger partial charge in [0.15, 0.2) is 0 Å². The molecule has 0 saturated heterocycles. The highest BCUT2D eigenvalue weighted by Gasteiger charge is 2.45. The van der Waals surface area contributed by atoms with E-state index in [0.29, 0.717) is 18.8 Å². The maximum Gasteiger partial charge on any atom is 0.303 e. The molecule has 5 heteroatoms. The molecule has 2 aromatic rings. The van der Waals surface area contributed by atoms with Crippen molar-refractivity contribution in [2.75, 3.05) is 11.9 Å². The van der Waals surface area contributed by atoms with Crippen molar-refractivity contribution in [1.82, 2.24) is 0 Å². The number of benzene rings is 2. The van der Waals surface area contributed by atoms with Gasteiger partial charge >= 0.3 is 5.97 Å². The summed E-state index contributed by atoms with van der Waals surface area (Å²) in [6, 6.07) is 17.1. The number of rotatable bonds is 8. The third-order valence-electron chi connectivity index (χ3n) is 4.88. The van der Waals surface area contributed by atoms with Gasteiger partial charge < -0.3 is 15.2 Å². The average molecular weight is 353 g/mol. The molecular formula is C21H23NO4. The minimum atomic E-state index is -0.824. The summed E-state index contributed by atoms with van der Waals surface area (Å²) in [6.07, 6.45) is 3.36. The number of aliphatic carboxylic acids is 1. The molecule has 1 aliphatic carbocycles. The van der Waals surface area contributed by atoms with Crippen LogP contribution in [0, 0.1) is 0 Å². The quantitative estimate of drug-likeness (QED) is 0.704. The number of ether oxygens (including phenoxy) is 1. The van der Waals surface area contributed by atoms with Gasteiger partial charge in [0.25, 0.3) is 0 Å². The normalized spacial score (nSPS) is 14.9. The van der Waals surface area contributed by atoms with Gasteiger partial charge in [0, 0.05) is 12.1 Å². The van der Waals surface area contributed by atoms with Gasteiger partial charge in [-0.1, -0.05) is 36.8 Å². The number of hydrogen-bond donors (Lipinski definition) is 2. The molecular weight excluding hydrogens is 330 g/mol. The summed E-state index contributed by atoms with van der Waals surface area (Å²) in [5, 5.41) is 11.6. The monoisotopic (exact) mass is 353 g/mol. The summed E-state index contributed by atoms with van der Waals surface area (Å²) in [4.78, 5) is 23.4. The van der Waals surface area contributed by atoms with Gasteiger partial charge in [-0.25, -0.2) is 0 Å². The van der Waals surface area contributed by atoms with E-state index in [1.807, 2.05) is 42.5 Å². The molecule has 2 aromatic carbocycles. The van der Waals surface area contributed by atoms with E-state index in [-0.39, 0.29) is 12.3 Å². The smallest absolute Gasteiger partial charge is 0.303 e. The van der Waals surface area contributed by atoms with Crippen molar-refractivity contribution in [3.63, 3.8) is 0 Å². The van der Waals surface area contributed by atoms with Crippen molar-refractivity contribution >= 4 is 17.6 Å². The molecule has 3 rings (SSSR count).